The largest absolute Gasteiger partial charge is 0.436 e. The van der Waals surface area contributed by atoms with Crippen molar-refractivity contribution < 1.29 is 4.74 Å². The molecule has 0 N–H and O–H groups in total. The Kier molecular flexibility index (Phi) is 5.32. The zero-order chi connectivity index (χ0) is 20.4. The average molecular weight is 386 g/mol. The molecule has 0 fully saturated rings. The van der Waals surface area contributed by atoms with E-state index in [0.717, 1.165) is 41.0 Å². The SMILES string of the molecule is Cc1cc(CN(C)C)cc(C)c1Oc1ncnc2ccn(Cc3ccccc3)c12. The van der Waals surface area contributed by atoms with E-state index in [1.807, 2.05) is 18.3 Å². The number of ether oxygens (including phenoxy) is 1. The molecule has 0 spiro atoms. The Balaban J connectivity index is 1.71. The zero-order valence-electron chi connectivity index (χ0n) is 17.4. The molecular formula is C24H26N4O. The summed E-state index contributed by atoms with van der Waals surface area (Å²) < 4.78 is 8.51. The van der Waals surface area contributed by atoms with Crippen LogP contribution in [0.25, 0.3) is 11.0 Å². The molecule has 0 atom stereocenters. The molecule has 4 rings (SSSR count). The molecule has 148 valence electrons. The van der Waals surface area contributed by atoms with E-state index >= 15 is 0 Å². The second-order valence-corrected chi connectivity index (χ2v) is 7.74. The van der Waals surface area contributed by atoms with Gasteiger partial charge in [0.25, 0.3) is 0 Å². The second-order valence-electron chi connectivity index (χ2n) is 7.74. The van der Waals surface area contributed by atoms with Crippen LogP contribution in [-0.4, -0.2) is 33.5 Å². The highest BCUT2D eigenvalue weighted by Gasteiger charge is 2.15. The molecule has 0 amide bonds. The van der Waals surface area contributed by atoms with Crippen molar-refractivity contribution in [2.75, 3.05) is 14.1 Å². The van der Waals surface area contributed by atoms with Gasteiger partial charge in [0.2, 0.25) is 5.88 Å². The molecule has 0 bridgehead atoms. The van der Waals surface area contributed by atoms with Gasteiger partial charge < -0.3 is 14.2 Å². The molecule has 0 aliphatic heterocycles. The Morgan fingerprint density at radius 2 is 1.66 bits per heavy atom. The maximum absolute atomic E-state index is 6.36. The zero-order valence-corrected chi connectivity index (χ0v) is 17.4. The molecular weight excluding hydrogens is 360 g/mol. The number of fused-ring (bicyclic) bond motifs is 1. The summed E-state index contributed by atoms with van der Waals surface area (Å²) in [6, 6.07) is 16.7. The van der Waals surface area contributed by atoms with Crippen LogP contribution in [-0.2, 0) is 13.1 Å². The predicted molar refractivity (Wildman–Crippen MR) is 116 cm³/mol. The fraction of sp³-hybridized carbons (Fsp3) is 0.250. The molecule has 2 aromatic heterocycles. The number of aryl methyl sites for hydroxylation is 2. The van der Waals surface area contributed by atoms with Crippen LogP contribution in [0.5, 0.6) is 11.6 Å². The minimum atomic E-state index is 0.586. The summed E-state index contributed by atoms with van der Waals surface area (Å²) in [5.41, 5.74) is 6.50. The summed E-state index contributed by atoms with van der Waals surface area (Å²) in [6.45, 7) is 5.82. The predicted octanol–water partition coefficient (Wildman–Crippen LogP) is 4.95. The third-order valence-electron chi connectivity index (χ3n) is 4.93. The number of hydrogen-bond acceptors (Lipinski definition) is 4. The first kappa shape index (κ1) is 19.2. The van der Waals surface area contributed by atoms with Crippen molar-refractivity contribution in [1.82, 2.24) is 19.4 Å². The molecule has 0 saturated heterocycles. The van der Waals surface area contributed by atoms with Crippen LogP contribution >= 0.6 is 0 Å². The maximum atomic E-state index is 6.36. The summed E-state index contributed by atoms with van der Waals surface area (Å²) >= 11 is 0. The molecule has 0 saturated carbocycles. The second kappa shape index (κ2) is 8.05. The van der Waals surface area contributed by atoms with Gasteiger partial charge in [-0.3, -0.25) is 0 Å². The van der Waals surface area contributed by atoms with Crippen LogP contribution in [0.2, 0.25) is 0 Å². The van der Waals surface area contributed by atoms with Crippen molar-refractivity contribution >= 4 is 11.0 Å². The van der Waals surface area contributed by atoms with Crippen LogP contribution in [0.4, 0.5) is 0 Å². The monoisotopic (exact) mass is 386 g/mol. The van der Waals surface area contributed by atoms with Gasteiger partial charge >= 0.3 is 0 Å². The molecule has 0 radical (unpaired) electrons. The smallest absolute Gasteiger partial charge is 0.247 e. The third kappa shape index (κ3) is 4.15. The highest BCUT2D eigenvalue weighted by molar-refractivity contribution is 5.81. The number of hydrogen-bond donors (Lipinski definition) is 0. The Morgan fingerprint density at radius 1 is 0.931 bits per heavy atom. The quantitative estimate of drug-likeness (QED) is 0.470. The van der Waals surface area contributed by atoms with Gasteiger partial charge in [-0.1, -0.05) is 42.5 Å². The molecule has 0 aliphatic rings. The number of rotatable bonds is 6. The van der Waals surface area contributed by atoms with Crippen LogP contribution in [0.15, 0.2) is 61.1 Å². The van der Waals surface area contributed by atoms with Gasteiger partial charge in [0.05, 0.1) is 5.52 Å². The molecule has 0 unspecified atom stereocenters. The summed E-state index contributed by atoms with van der Waals surface area (Å²) in [5.74, 6) is 1.45. The van der Waals surface area contributed by atoms with E-state index in [0.29, 0.717) is 5.88 Å². The summed E-state index contributed by atoms with van der Waals surface area (Å²) in [4.78, 5) is 11.1. The lowest BCUT2D eigenvalue weighted by atomic mass is 10.1. The highest BCUT2D eigenvalue weighted by atomic mass is 16.5. The van der Waals surface area contributed by atoms with Gasteiger partial charge in [-0.25, -0.2) is 4.98 Å². The van der Waals surface area contributed by atoms with Crippen molar-refractivity contribution in [2.24, 2.45) is 0 Å². The first-order valence-corrected chi connectivity index (χ1v) is 9.78. The molecule has 4 aromatic rings. The Hall–Kier alpha value is -3.18. The maximum Gasteiger partial charge on any atom is 0.247 e. The normalized spacial score (nSPS) is 11.3. The van der Waals surface area contributed by atoms with E-state index in [4.69, 9.17) is 4.74 Å². The average Bonchev–Trinajstić information content (AvgIpc) is 3.09. The summed E-state index contributed by atoms with van der Waals surface area (Å²) in [7, 11) is 4.15. The van der Waals surface area contributed by atoms with Gasteiger partial charge in [0.15, 0.2) is 0 Å². The Bertz CT molecular complexity index is 1110. The van der Waals surface area contributed by atoms with E-state index in [2.05, 4.69) is 83.8 Å². The van der Waals surface area contributed by atoms with E-state index in [1.54, 1.807) is 6.33 Å². The van der Waals surface area contributed by atoms with Crippen molar-refractivity contribution in [2.45, 2.75) is 26.9 Å². The van der Waals surface area contributed by atoms with Gasteiger partial charge in [0.1, 0.15) is 17.6 Å². The van der Waals surface area contributed by atoms with Crippen LogP contribution in [0, 0.1) is 13.8 Å². The Labute approximate surface area is 171 Å². The van der Waals surface area contributed by atoms with Crippen molar-refractivity contribution in [3.05, 3.63) is 83.3 Å². The van der Waals surface area contributed by atoms with Crippen molar-refractivity contribution in [3.8, 4) is 11.6 Å². The topological polar surface area (TPSA) is 43.2 Å². The third-order valence-corrected chi connectivity index (χ3v) is 4.93. The van der Waals surface area contributed by atoms with E-state index < -0.39 is 0 Å². The molecule has 29 heavy (non-hydrogen) atoms. The Morgan fingerprint density at radius 3 is 2.34 bits per heavy atom. The molecule has 5 heteroatoms. The van der Waals surface area contributed by atoms with Crippen LogP contribution < -0.4 is 4.74 Å². The summed E-state index contributed by atoms with van der Waals surface area (Å²) in [5, 5.41) is 0. The van der Waals surface area contributed by atoms with Gasteiger partial charge in [0, 0.05) is 19.3 Å². The fourth-order valence-corrected chi connectivity index (χ4v) is 3.74. The lowest BCUT2D eigenvalue weighted by Gasteiger charge is -2.16. The van der Waals surface area contributed by atoms with Gasteiger partial charge in [-0.2, -0.15) is 4.98 Å². The standard InChI is InChI=1S/C24H26N4O/c1-17-12-20(14-27(3)4)13-18(2)23(17)29-24-22-21(25-16-26-24)10-11-28(22)15-19-8-6-5-7-9-19/h5-13,16H,14-15H2,1-4H3. The van der Waals surface area contributed by atoms with E-state index in [-0.39, 0.29) is 0 Å². The fourth-order valence-electron chi connectivity index (χ4n) is 3.74. The lowest BCUT2D eigenvalue weighted by molar-refractivity contribution is 0.401. The van der Waals surface area contributed by atoms with Crippen molar-refractivity contribution in [3.63, 3.8) is 0 Å². The summed E-state index contributed by atoms with van der Waals surface area (Å²) in [6.07, 6.45) is 3.61. The molecule has 2 aromatic carbocycles. The van der Waals surface area contributed by atoms with Gasteiger partial charge in [-0.15, -0.1) is 0 Å². The first-order valence-electron chi connectivity index (χ1n) is 9.78. The number of aromatic nitrogens is 3. The van der Waals surface area contributed by atoms with Crippen LogP contribution in [0.1, 0.15) is 22.3 Å². The molecule has 0 aliphatic carbocycles. The van der Waals surface area contributed by atoms with E-state index in [1.165, 1.54) is 11.1 Å². The van der Waals surface area contributed by atoms with Crippen molar-refractivity contribution in [1.29, 1.82) is 0 Å². The highest BCUT2D eigenvalue weighted by Crippen LogP contribution is 2.33. The lowest BCUT2D eigenvalue weighted by Crippen LogP contribution is -2.11. The molecule has 5 nitrogen and oxygen atoms in total. The molecule has 2 heterocycles. The first-order chi connectivity index (χ1) is 14.0. The van der Waals surface area contributed by atoms with Gasteiger partial charge in [-0.05, 0) is 56.3 Å². The van der Waals surface area contributed by atoms with Crippen LogP contribution in [0.3, 0.4) is 0 Å². The number of nitrogens with zero attached hydrogens (tertiary/aromatic N) is 4. The van der Waals surface area contributed by atoms with E-state index in [9.17, 15) is 0 Å². The minimum absolute atomic E-state index is 0.586. The number of benzene rings is 2. The minimum Gasteiger partial charge on any atom is -0.436 e.